The number of imidazole rings is 1. The molecule has 10 nitrogen and oxygen atoms in total. The van der Waals surface area contributed by atoms with Crippen LogP contribution in [0.25, 0.3) is 11.2 Å². The highest BCUT2D eigenvalue weighted by Gasteiger charge is 2.23. The molecule has 1 saturated heterocycles. The zero-order valence-corrected chi connectivity index (χ0v) is 19.9. The molecule has 3 aromatic heterocycles. The van der Waals surface area contributed by atoms with Gasteiger partial charge < -0.3 is 14.2 Å². The first-order valence-electron chi connectivity index (χ1n) is 12.1. The Balaban J connectivity index is 1.64. The second-order valence-electron chi connectivity index (χ2n) is 8.61. The predicted molar refractivity (Wildman–Crippen MR) is 129 cm³/mol. The van der Waals surface area contributed by atoms with Crippen LogP contribution >= 0.6 is 0 Å². The lowest BCUT2D eigenvalue weighted by atomic mass is 10.1. The molecule has 0 aromatic carbocycles. The predicted octanol–water partition coefficient (Wildman–Crippen LogP) is 2.84. The molecule has 1 fully saturated rings. The molecule has 4 rings (SSSR count). The number of nitrogens with zero attached hydrogens (tertiary/aromatic N) is 5. The molecule has 0 saturated carbocycles. The Kier molecular flexibility index (Phi) is 7.44. The van der Waals surface area contributed by atoms with Crippen LogP contribution in [0.3, 0.4) is 0 Å². The minimum atomic E-state index is -0.485. The largest absolute Gasteiger partial charge is 0.454 e. The van der Waals surface area contributed by atoms with E-state index in [9.17, 15) is 14.4 Å². The summed E-state index contributed by atoms with van der Waals surface area (Å²) in [6.45, 7) is 6.62. The van der Waals surface area contributed by atoms with E-state index in [0.717, 1.165) is 45.2 Å². The molecule has 0 amide bonds. The highest BCUT2D eigenvalue weighted by atomic mass is 16.5. The number of hydrogen-bond donors (Lipinski definition) is 1. The monoisotopic (exact) mass is 468 g/mol. The van der Waals surface area contributed by atoms with Gasteiger partial charge in [-0.05, 0) is 44.2 Å². The van der Waals surface area contributed by atoms with Gasteiger partial charge in [-0.25, -0.2) is 19.6 Å². The van der Waals surface area contributed by atoms with Crippen LogP contribution < -0.4 is 16.1 Å². The second kappa shape index (κ2) is 10.7. The first-order valence-corrected chi connectivity index (χ1v) is 12.1. The van der Waals surface area contributed by atoms with Gasteiger partial charge in [0.05, 0.1) is 0 Å². The van der Waals surface area contributed by atoms with E-state index in [1.54, 1.807) is 22.9 Å². The zero-order valence-electron chi connectivity index (χ0n) is 19.9. The Morgan fingerprint density at radius 1 is 1.09 bits per heavy atom. The average Bonchev–Trinajstić information content (AvgIpc) is 3.21. The van der Waals surface area contributed by atoms with Gasteiger partial charge in [0.25, 0.3) is 5.56 Å². The number of rotatable bonds is 9. The molecule has 0 bridgehead atoms. The molecule has 1 aliphatic heterocycles. The molecule has 34 heavy (non-hydrogen) atoms. The second-order valence-corrected chi connectivity index (χ2v) is 8.61. The van der Waals surface area contributed by atoms with Crippen LogP contribution in [-0.4, -0.2) is 43.1 Å². The fraction of sp³-hybridized carbons (Fsp3) is 0.542. The van der Waals surface area contributed by atoms with Crippen molar-refractivity contribution in [2.45, 2.75) is 72.1 Å². The number of H-pyrrole nitrogens is 1. The van der Waals surface area contributed by atoms with Gasteiger partial charge >= 0.3 is 11.7 Å². The first kappa shape index (κ1) is 23.7. The summed E-state index contributed by atoms with van der Waals surface area (Å²) in [7, 11) is 0. The van der Waals surface area contributed by atoms with Crippen molar-refractivity contribution in [1.82, 2.24) is 24.1 Å². The number of anilines is 1. The summed E-state index contributed by atoms with van der Waals surface area (Å²) < 4.78 is 8.91. The summed E-state index contributed by atoms with van der Waals surface area (Å²) >= 11 is 0. The van der Waals surface area contributed by atoms with Gasteiger partial charge in [-0.2, -0.15) is 0 Å². The summed E-state index contributed by atoms with van der Waals surface area (Å²) in [5.41, 5.74) is 0.124. The van der Waals surface area contributed by atoms with Crippen LogP contribution in [-0.2, 0) is 24.4 Å². The smallest absolute Gasteiger partial charge is 0.342 e. The fourth-order valence-corrected chi connectivity index (χ4v) is 4.44. The summed E-state index contributed by atoms with van der Waals surface area (Å²) in [6, 6.07) is 3.45. The molecule has 0 spiro atoms. The summed E-state index contributed by atoms with van der Waals surface area (Å²) in [6.07, 6.45) is 7.44. The van der Waals surface area contributed by atoms with E-state index < -0.39 is 17.2 Å². The number of esters is 1. The van der Waals surface area contributed by atoms with Crippen LogP contribution in [0.2, 0.25) is 0 Å². The van der Waals surface area contributed by atoms with E-state index in [1.807, 2.05) is 13.8 Å². The normalized spacial score (nSPS) is 14.0. The Hall–Kier alpha value is -3.43. The van der Waals surface area contributed by atoms with Crippen LogP contribution in [0.4, 0.5) is 5.82 Å². The van der Waals surface area contributed by atoms with Crippen molar-refractivity contribution in [3.63, 3.8) is 0 Å². The van der Waals surface area contributed by atoms with Crippen molar-refractivity contribution in [2.75, 3.05) is 18.0 Å². The summed E-state index contributed by atoms with van der Waals surface area (Å²) in [5.74, 6) is 0.593. The van der Waals surface area contributed by atoms with Crippen molar-refractivity contribution in [2.24, 2.45) is 0 Å². The third-order valence-corrected chi connectivity index (χ3v) is 6.14. The van der Waals surface area contributed by atoms with Crippen LogP contribution in [0, 0.1) is 0 Å². The molecular formula is C24H32N6O4. The van der Waals surface area contributed by atoms with Gasteiger partial charge in [-0.3, -0.25) is 14.3 Å². The van der Waals surface area contributed by atoms with E-state index in [2.05, 4.69) is 19.9 Å². The number of aryl methyl sites for hydroxylation is 2. The maximum Gasteiger partial charge on any atom is 0.342 e. The van der Waals surface area contributed by atoms with Crippen LogP contribution in [0.1, 0.15) is 68.6 Å². The fourth-order valence-electron chi connectivity index (χ4n) is 4.44. The standard InChI is InChI=1S/C24H32N6O4/c1-3-5-15-30-21-19(22(31)27-24(30)33)29(12-4-2)18(26-21)16-34-23(32)17-10-9-11-25-20(17)28-13-7-6-8-14-28/h9-11H,3-8,12-16H2,1-2H3,(H,27,31,33). The lowest BCUT2D eigenvalue weighted by molar-refractivity contribution is 0.0458. The molecule has 0 aliphatic carbocycles. The number of hydrogen-bond acceptors (Lipinski definition) is 7. The van der Waals surface area contributed by atoms with E-state index in [4.69, 9.17) is 4.74 Å². The number of piperidine rings is 1. The molecule has 3 aromatic rings. The lowest BCUT2D eigenvalue weighted by Gasteiger charge is -2.28. The number of unbranched alkanes of at least 4 members (excludes halogenated alkanes) is 1. The van der Waals surface area contributed by atoms with E-state index >= 15 is 0 Å². The molecule has 182 valence electrons. The first-order chi connectivity index (χ1) is 16.5. The molecule has 1 N–H and O–H groups in total. The molecule has 0 atom stereocenters. The number of fused-ring (bicyclic) bond motifs is 1. The van der Waals surface area contributed by atoms with Crippen molar-refractivity contribution < 1.29 is 9.53 Å². The third kappa shape index (κ3) is 4.76. The number of aromatic amines is 1. The van der Waals surface area contributed by atoms with Crippen molar-refractivity contribution in [3.05, 3.63) is 50.6 Å². The van der Waals surface area contributed by atoms with Gasteiger partial charge in [0.2, 0.25) is 0 Å². The van der Waals surface area contributed by atoms with Crippen LogP contribution in [0.5, 0.6) is 0 Å². The number of pyridine rings is 1. The SMILES string of the molecule is CCCCn1c(=O)[nH]c(=O)c2c1nc(COC(=O)c1cccnc1N1CCCCC1)n2CCC. The number of carbonyl (C=O) groups is 1. The Morgan fingerprint density at radius 3 is 2.62 bits per heavy atom. The van der Waals surface area contributed by atoms with Crippen LogP contribution in [0.15, 0.2) is 27.9 Å². The highest BCUT2D eigenvalue weighted by Crippen LogP contribution is 2.23. The summed E-state index contributed by atoms with van der Waals surface area (Å²) in [5, 5.41) is 0. The van der Waals surface area contributed by atoms with Crippen molar-refractivity contribution >= 4 is 23.0 Å². The topological polar surface area (TPSA) is 115 Å². The van der Waals surface area contributed by atoms with Crippen molar-refractivity contribution in [3.8, 4) is 0 Å². The molecular weight excluding hydrogens is 436 g/mol. The van der Waals surface area contributed by atoms with Gasteiger partial charge in [-0.1, -0.05) is 20.3 Å². The van der Waals surface area contributed by atoms with Gasteiger partial charge in [-0.15, -0.1) is 0 Å². The molecule has 4 heterocycles. The number of ether oxygens (including phenoxy) is 1. The number of aromatic nitrogens is 5. The number of carbonyl (C=O) groups excluding carboxylic acids is 1. The van der Waals surface area contributed by atoms with Gasteiger partial charge in [0.1, 0.15) is 23.8 Å². The van der Waals surface area contributed by atoms with Crippen molar-refractivity contribution in [1.29, 1.82) is 0 Å². The zero-order chi connectivity index (χ0) is 24.1. The third-order valence-electron chi connectivity index (χ3n) is 6.14. The Bertz CT molecular complexity index is 1270. The van der Waals surface area contributed by atoms with E-state index in [0.29, 0.717) is 41.5 Å². The van der Waals surface area contributed by atoms with E-state index in [1.165, 1.54) is 11.0 Å². The van der Waals surface area contributed by atoms with E-state index in [-0.39, 0.29) is 6.61 Å². The van der Waals surface area contributed by atoms with Gasteiger partial charge in [0, 0.05) is 32.4 Å². The Morgan fingerprint density at radius 2 is 1.88 bits per heavy atom. The van der Waals surface area contributed by atoms with Gasteiger partial charge in [0.15, 0.2) is 11.2 Å². The lowest BCUT2D eigenvalue weighted by Crippen LogP contribution is -2.31. The summed E-state index contributed by atoms with van der Waals surface area (Å²) in [4.78, 5) is 51.7. The average molecular weight is 469 g/mol. The molecule has 0 radical (unpaired) electrons. The quantitative estimate of drug-likeness (QED) is 0.480. The molecule has 10 heteroatoms. The molecule has 0 unspecified atom stereocenters. The minimum absolute atomic E-state index is 0.108. The highest BCUT2D eigenvalue weighted by molar-refractivity contribution is 5.94. The minimum Gasteiger partial charge on any atom is -0.454 e. The maximum atomic E-state index is 13.0. The maximum absolute atomic E-state index is 13.0. The molecule has 1 aliphatic rings. The number of nitrogens with one attached hydrogen (secondary N) is 1. The Labute approximate surface area is 197 Å².